The Labute approximate surface area is 116 Å². The van der Waals surface area contributed by atoms with Crippen LogP contribution < -0.4 is 5.32 Å². The van der Waals surface area contributed by atoms with Crippen LogP contribution in [0.1, 0.15) is 16.1 Å². The molecule has 0 aliphatic carbocycles. The highest BCUT2D eigenvalue weighted by atomic mass is 16.1. The third-order valence-electron chi connectivity index (χ3n) is 3.02. The van der Waals surface area contributed by atoms with Gasteiger partial charge in [0.2, 0.25) is 0 Å². The number of nitrogens with one attached hydrogen (secondary N) is 1. The third-order valence-corrected chi connectivity index (χ3v) is 3.02. The van der Waals surface area contributed by atoms with E-state index in [2.05, 4.69) is 15.3 Å². The van der Waals surface area contributed by atoms with Crippen LogP contribution >= 0.6 is 0 Å². The van der Waals surface area contributed by atoms with E-state index >= 15 is 0 Å². The molecule has 0 unspecified atom stereocenters. The summed E-state index contributed by atoms with van der Waals surface area (Å²) in [7, 11) is 0. The van der Waals surface area contributed by atoms with Crippen LogP contribution in [0.15, 0.2) is 54.7 Å². The van der Waals surface area contributed by atoms with Crippen LogP contribution in [-0.4, -0.2) is 15.9 Å². The fourth-order valence-electron chi connectivity index (χ4n) is 2.10. The number of anilines is 1. The zero-order chi connectivity index (χ0) is 13.9. The zero-order valence-corrected chi connectivity index (χ0v) is 11.0. The lowest BCUT2D eigenvalue weighted by Crippen LogP contribution is -2.13. The number of carbonyl (C=O) groups is 1. The van der Waals surface area contributed by atoms with Crippen LogP contribution in [0.2, 0.25) is 0 Å². The van der Waals surface area contributed by atoms with E-state index in [9.17, 15) is 4.79 Å². The maximum Gasteiger partial charge on any atom is 0.257 e. The highest BCUT2D eigenvalue weighted by Gasteiger charge is 2.10. The molecular weight excluding hydrogens is 250 g/mol. The molecule has 0 fully saturated rings. The Morgan fingerprint density at radius 3 is 2.75 bits per heavy atom. The van der Waals surface area contributed by atoms with Gasteiger partial charge in [0, 0.05) is 22.8 Å². The molecule has 0 saturated carbocycles. The van der Waals surface area contributed by atoms with Crippen LogP contribution in [-0.2, 0) is 0 Å². The molecule has 0 spiro atoms. The number of carbonyl (C=O) groups excluding carboxylic acids is 1. The van der Waals surface area contributed by atoms with Crippen molar-refractivity contribution in [1.29, 1.82) is 0 Å². The SMILES string of the molecule is Cc1cccc(NC(=O)c2cccc3ncccc23)n1. The molecule has 0 aliphatic rings. The predicted molar refractivity (Wildman–Crippen MR) is 78.7 cm³/mol. The van der Waals surface area contributed by atoms with Gasteiger partial charge in [0.25, 0.3) is 5.91 Å². The second kappa shape index (κ2) is 5.09. The Balaban J connectivity index is 1.97. The van der Waals surface area contributed by atoms with Gasteiger partial charge in [-0.05, 0) is 37.3 Å². The number of amides is 1. The molecule has 3 rings (SSSR count). The monoisotopic (exact) mass is 263 g/mol. The summed E-state index contributed by atoms with van der Waals surface area (Å²) in [6.45, 7) is 1.89. The Morgan fingerprint density at radius 1 is 1.05 bits per heavy atom. The van der Waals surface area contributed by atoms with E-state index in [4.69, 9.17) is 0 Å². The second-order valence-electron chi connectivity index (χ2n) is 4.49. The molecule has 0 saturated heterocycles. The molecule has 3 aromatic rings. The number of nitrogens with zero attached hydrogens (tertiary/aromatic N) is 2. The van der Waals surface area contributed by atoms with Gasteiger partial charge in [-0.25, -0.2) is 4.98 Å². The lowest BCUT2D eigenvalue weighted by molar-refractivity contribution is 0.102. The van der Waals surface area contributed by atoms with Crippen molar-refractivity contribution in [1.82, 2.24) is 9.97 Å². The van der Waals surface area contributed by atoms with Crippen LogP contribution in [0.25, 0.3) is 10.9 Å². The second-order valence-corrected chi connectivity index (χ2v) is 4.49. The summed E-state index contributed by atoms with van der Waals surface area (Å²) in [5, 5.41) is 3.65. The summed E-state index contributed by atoms with van der Waals surface area (Å²) in [4.78, 5) is 20.9. The van der Waals surface area contributed by atoms with Crippen molar-refractivity contribution in [2.75, 3.05) is 5.32 Å². The van der Waals surface area contributed by atoms with Gasteiger partial charge in [-0.2, -0.15) is 0 Å². The number of hydrogen-bond acceptors (Lipinski definition) is 3. The minimum atomic E-state index is -0.179. The highest BCUT2D eigenvalue weighted by Crippen LogP contribution is 2.17. The molecule has 1 amide bonds. The Hall–Kier alpha value is -2.75. The Kier molecular flexibility index (Phi) is 3.13. The Bertz CT molecular complexity index is 778. The van der Waals surface area contributed by atoms with E-state index in [1.165, 1.54) is 0 Å². The van der Waals surface area contributed by atoms with Crippen molar-refractivity contribution >= 4 is 22.6 Å². The van der Waals surface area contributed by atoms with E-state index < -0.39 is 0 Å². The summed E-state index contributed by atoms with van der Waals surface area (Å²) < 4.78 is 0. The molecule has 2 aromatic heterocycles. The molecule has 2 heterocycles. The lowest BCUT2D eigenvalue weighted by Gasteiger charge is -2.07. The van der Waals surface area contributed by atoms with E-state index in [1.807, 2.05) is 43.3 Å². The number of aromatic nitrogens is 2. The van der Waals surface area contributed by atoms with Crippen LogP contribution in [0.5, 0.6) is 0 Å². The molecule has 0 aliphatic heterocycles. The summed E-state index contributed by atoms with van der Waals surface area (Å²) >= 11 is 0. The average Bonchev–Trinajstić information content (AvgIpc) is 2.46. The standard InChI is InChI=1S/C16H13N3O/c1-11-5-2-9-15(18-11)19-16(20)13-6-3-8-14-12(13)7-4-10-17-14/h2-10H,1H3,(H,18,19,20). The predicted octanol–water partition coefficient (Wildman–Crippen LogP) is 3.19. The molecule has 0 bridgehead atoms. The summed E-state index contributed by atoms with van der Waals surface area (Å²) in [5.74, 6) is 0.373. The van der Waals surface area contributed by atoms with Gasteiger partial charge in [0.1, 0.15) is 5.82 Å². The van der Waals surface area contributed by atoms with Gasteiger partial charge >= 0.3 is 0 Å². The van der Waals surface area contributed by atoms with Crippen molar-refractivity contribution in [3.8, 4) is 0 Å². The first-order valence-corrected chi connectivity index (χ1v) is 6.33. The normalized spacial score (nSPS) is 10.4. The van der Waals surface area contributed by atoms with E-state index in [0.717, 1.165) is 16.6 Å². The maximum absolute atomic E-state index is 12.4. The van der Waals surface area contributed by atoms with Crippen LogP contribution in [0.3, 0.4) is 0 Å². The fraction of sp³-hybridized carbons (Fsp3) is 0.0625. The molecule has 4 nitrogen and oxygen atoms in total. The summed E-state index contributed by atoms with van der Waals surface area (Å²) in [6.07, 6.45) is 1.71. The fourth-order valence-corrected chi connectivity index (χ4v) is 2.10. The van der Waals surface area contributed by atoms with E-state index in [1.54, 1.807) is 18.3 Å². The van der Waals surface area contributed by atoms with Crippen LogP contribution in [0, 0.1) is 6.92 Å². The average molecular weight is 263 g/mol. The minimum absolute atomic E-state index is 0.179. The number of rotatable bonds is 2. The first-order valence-electron chi connectivity index (χ1n) is 6.33. The minimum Gasteiger partial charge on any atom is -0.307 e. The maximum atomic E-state index is 12.4. The highest BCUT2D eigenvalue weighted by molar-refractivity contribution is 6.12. The molecule has 4 heteroatoms. The molecular formula is C16H13N3O. The first kappa shape index (κ1) is 12.3. The van der Waals surface area contributed by atoms with Crippen molar-refractivity contribution in [2.24, 2.45) is 0 Å². The largest absolute Gasteiger partial charge is 0.307 e. The molecule has 0 atom stereocenters. The van der Waals surface area contributed by atoms with Crippen molar-refractivity contribution < 1.29 is 4.79 Å². The molecule has 1 N–H and O–H groups in total. The van der Waals surface area contributed by atoms with Crippen molar-refractivity contribution in [2.45, 2.75) is 6.92 Å². The summed E-state index contributed by atoms with van der Waals surface area (Å²) in [5.41, 5.74) is 2.26. The van der Waals surface area contributed by atoms with Crippen molar-refractivity contribution in [3.63, 3.8) is 0 Å². The number of aryl methyl sites for hydroxylation is 1. The molecule has 98 valence electrons. The summed E-state index contributed by atoms with van der Waals surface area (Å²) in [6, 6.07) is 14.7. The van der Waals surface area contributed by atoms with E-state index in [0.29, 0.717) is 11.4 Å². The van der Waals surface area contributed by atoms with Crippen molar-refractivity contribution in [3.05, 3.63) is 66.0 Å². The Morgan fingerprint density at radius 2 is 1.90 bits per heavy atom. The van der Waals surface area contributed by atoms with Gasteiger partial charge < -0.3 is 5.32 Å². The van der Waals surface area contributed by atoms with Gasteiger partial charge in [-0.15, -0.1) is 0 Å². The quantitative estimate of drug-likeness (QED) is 0.772. The number of fused-ring (bicyclic) bond motifs is 1. The number of benzene rings is 1. The van der Waals surface area contributed by atoms with Gasteiger partial charge in [-0.3, -0.25) is 9.78 Å². The third kappa shape index (κ3) is 2.36. The lowest BCUT2D eigenvalue weighted by atomic mass is 10.1. The topological polar surface area (TPSA) is 54.9 Å². The zero-order valence-electron chi connectivity index (χ0n) is 11.0. The molecule has 0 radical (unpaired) electrons. The number of pyridine rings is 2. The van der Waals surface area contributed by atoms with Gasteiger partial charge in [-0.1, -0.05) is 18.2 Å². The van der Waals surface area contributed by atoms with Gasteiger partial charge in [0.05, 0.1) is 5.52 Å². The molecule has 1 aromatic carbocycles. The smallest absolute Gasteiger partial charge is 0.257 e. The molecule has 20 heavy (non-hydrogen) atoms. The first-order chi connectivity index (χ1) is 9.74. The van der Waals surface area contributed by atoms with E-state index in [-0.39, 0.29) is 5.91 Å². The van der Waals surface area contributed by atoms with Gasteiger partial charge in [0.15, 0.2) is 0 Å². The number of hydrogen-bond donors (Lipinski definition) is 1. The van der Waals surface area contributed by atoms with Crippen LogP contribution in [0.4, 0.5) is 5.82 Å².